The third-order valence-electron chi connectivity index (χ3n) is 3.80. The number of rotatable bonds is 6. The summed E-state index contributed by atoms with van der Waals surface area (Å²) in [7, 11) is -4.40. The molecule has 1 saturated heterocycles. The van der Waals surface area contributed by atoms with E-state index in [1.54, 1.807) is 6.92 Å². The first-order valence-corrected chi connectivity index (χ1v) is 9.58. The maximum atomic E-state index is 12.7. The van der Waals surface area contributed by atoms with Crippen LogP contribution in [0.5, 0.6) is 11.5 Å². The van der Waals surface area contributed by atoms with E-state index >= 15 is 0 Å². The zero-order chi connectivity index (χ0) is 19.9. The fourth-order valence-corrected chi connectivity index (χ4v) is 4.40. The van der Waals surface area contributed by atoms with E-state index in [9.17, 15) is 28.2 Å². The van der Waals surface area contributed by atoms with Crippen LogP contribution < -0.4 is 20.9 Å². The third-order valence-corrected chi connectivity index (χ3v) is 5.94. The van der Waals surface area contributed by atoms with Gasteiger partial charge in [-0.2, -0.15) is 0 Å². The van der Waals surface area contributed by atoms with Gasteiger partial charge >= 0.3 is 0 Å². The van der Waals surface area contributed by atoms with Gasteiger partial charge in [-0.05, 0) is 19.1 Å². The van der Waals surface area contributed by atoms with E-state index in [1.165, 1.54) is 12.1 Å². The van der Waals surface area contributed by atoms with Gasteiger partial charge in [0.25, 0.3) is 20.9 Å². The van der Waals surface area contributed by atoms with Crippen molar-refractivity contribution in [3.05, 3.63) is 37.6 Å². The van der Waals surface area contributed by atoms with Gasteiger partial charge in [0, 0.05) is 0 Å². The van der Waals surface area contributed by atoms with Crippen LogP contribution in [0.4, 0.5) is 11.4 Å². The number of phenols is 1. The molecule has 1 heterocycles. The van der Waals surface area contributed by atoms with Crippen LogP contribution in [0, 0.1) is 0 Å². The van der Waals surface area contributed by atoms with Gasteiger partial charge in [-0.1, -0.05) is 16.1 Å². The van der Waals surface area contributed by atoms with E-state index in [2.05, 4.69) is 5.32 Å². The second kappa shape index (κ2) is 7.09. The summed E-state index contributed by atoms with van der Waals surface area (Å²) < 4.78 is 31.0. The number of benzene rings is 1. The molecule has 1 atom stereocenters. The number of nitrogens with zero attached hydrogens (tertiary/aromatic N) is 1. The lowest BCUT2D eigenvalue weighted by Crippen LogP contribution is -2.35. The Kier molecular flexibility index (Phi) is 5.14. The van der Waals surface area contributed by atoms with Crippen LogP contribution in [0.1, 0.15) is 6.92 Å². The lowest BCUT2D eigenvalue weighted by Gasteiger charge is -2.19. The van der Waals surface area contributed by atoms with Crippen molar-refractivity contribution in [2.45, 2.75) is 17.9 Å². The highest BCUT2D eigenvalue weighted by atomic mass is 35.5. The molecule has 1 unspecified atom stereocenters. The minimum Gasteiger partial charge on any atom is -0.504 e. The summed E-state index contributed by atoms with van der Waals surface area (Å²) in [5.74, 6) is -0.977. The molecule has 0 bridgehead atoms. The average Bonchev–Trinajstić information content (AvgIpc) is 3.06. The zero-order valence-corrected chi connectivity index (χ0v) is 15.5. The number of anilines is 2. The maximum Gasteiger partial charge on any atom is 0.272 e. The van der Waals surface area contributed by atoms with Crippen LogP contribution >= 0.6 is 11.6 Å². The van der Waals surface area contributed by atoms with Gasteiger partial charge < -0.3 is 20.3 Å². The molecule has 27 heavy (non-hydrogen) atoms. The summed E-state index contributed by atoms with van der Waals surface area (Å²) >= 11 is 5.95. The predicted molar refractivity (Wildman–Crippen MR) is 94.8 cm³/mol. The first-order chi connectivity index (χ1) is 12.7. The number of hydroxylamine groups is 1. The van der Waals surface area contributed by atoms with E-state index in [0.29, 0.717) is 4.47 Å². The minimum atomic E-state index is -4.40. The van der Waals surface area contributed by atoms with Crippen molar-refractivity contribution in [3.8, 4) is 11.5 Å². The van der Waals surface area contributed by atoms with Gasteiger partial charge in [-0.15, -0.1) is 0 Å². The van der Waals surface area contributed by atoms with Crippen molar-refractivity contribution < 1.29 is 28.2 Å². The van der Waals surface area contributed by atoms with Crippen LogP contribution in [0.2, 0.25) is 5.02 Å². The highest BCUT2D eigenvalue weighted by molar-refractivity contribution is 7.89. The number of hydrogen-bond acceptors (Lipinski definition) is 9. The molecule has 3 N–H and O–H groups in total. The Hall–Kier alpha value is -2.18. The number of phenolic OH excluding ortho intramolecular Hbond substituents is 1. The lowest BCUT2D eigenvalue weighted by atomic mass is 10.2. The summed E-state index contributed by atoms with van der Waals surface area (Å²) in [5.41, 5.74) is -2.05. The van der Waals surface area contributed by atoms with Crippen molar-refractivity contribution >= 4 is 33.0 Å². The van der Waals surface area contributed by atoms with Gasteiger partial charge in [-0.25, -0.2) is 8.42 Å². The van der Waals surface area contributed by atoms with E-state index in [1.807, 2.05) is 0 Å². The largest absolute Gasteiger partial charge is 0.504 e. The van der Waals surface area contributed by atoms with Gasteiger partial charge in [0.15, 0.2) is 11.5 Å². The Labute approximate surface area is 158 Å². The molecule has 2 aromatic carbocycles. The predicted octanol–water partition coefficient (Wildman–Crippen LogP) is 0.0807. The quantitative estimate of drug-likeness (QED) is 0.439. The van der Waals surface area contributed by atoms with Crippen LogP contribution in [0.15, 0.2) is 26.6 Å². The molecular weight excluding hydrogens is 404 g/mol. The Morgan fingerprint density at radius 3 is 2.67 bits per heavy atom. The highest BCUT2D eigenvalue weighted by Crippen LogP contribution is 2.40. The van der Waals surface area contributed by atoms with Gasteiger partial charge in [0.2, 0.25) is 0 Å². The molecule has 0 aromatic heterocycles. The molecule has 2 aromatic rings. The monoisotopic (exact) mass is 418 g/mol. The molecule has 1 fully saturated rings. The molecule has 3 rings (SSSR count). The van der Waals surface area contributed by atoms with Crippen molar-refractivity contribution in [1.29, 1.82) is 0 Å². The molecule has 12 heteroatoms. The number of ether oxygens (including phenoxy) is 1. The molecule has 10 nitrogen and oxygen atoms in total. The van der Waals surface area contributed by atoms with Crippen LogP contribution in [-0.4, -0.2) is 49.0 Å². The number of halogens is 1. The number of aromatic hydroxyl groups is 1. The Balaban J connectivity index is 2.01. The first kappa shape index (κ1) is 19.6. The van der Waals surface area contributed by atoms with Crippen LogP contribution in [-0.2, 0) is 14.9 Å². The topological polar surface area (TPSA) is 142 Å². The van der Waals surface area contributed by atoms with E-state index in [4.69, 9.17) is 21.2 Å². The fraction of sp³-hybridized carbons (Fsp3) is 0.333. The Bertz CT molecular complexity index is 1060. The first-order valence-electron chi connectivity index (χ1n) is 7.76. The Morgan fingerprint density at radius 2 is 2.07 bits per heavy atom. The lowest BCUT2D eigenvalue weighted by molar-refractivity contribution is -0.0317. The molecule has 0 spiro atoms. The summed E-state index contributed by atoms with van der Waals surface area (Å²) in [5, 5.41) is 22.1. The smallest absolute Gasteiger partial charge is 0.272 e. The minimum absolute atomic E-state index is 0.139. The number of aliphatic hydroxyl groups is 1. The molecule has 0 radical (unpaired) electrons. The molecule has 1 aliphatic heterocycles. The van der Waals surface area contributed by atoms with Gasteiger partial charge in [0.05, 0.1) is 36.6 Å². The zero-order valence-electron chi connectivity index (χ0n) is 13.9. The summed E-state index contributed by atoms with van der Waals surface area (Å²) in [4.78, 5) is 27.5. The number of β-amino-alcohol motifs (C(OH)–C–C–N with tert-alkyl or cyclic N) is 1. The third kappa shape index (κ3) is 3.28. The molecule has 0 aliphatic carbocycles. The number of sulfonamides is 1. The Morgan fingerprint density at radius 1 is 1.37 bits per heavy atom. The van der Waals surface area contributed by atoms with Crippen LogP contribution in [0.3, 0.4) is 0 Å². The average molecular weight is 419 g/mol. The summed E-state index contributed by atoms with van der Waals surface area (Å²) in [6.07, 6.45) is -1.01. The van der Waals surface area contributed by atoms with Crippen molar-refractivity contribution in [2.75, 3.05) is 25.1 Å². The van der Waals surface area contributed by atoms with Gasteiger partial charge in [0.1, 0.15) is 10.6 Å². The summed E-state index contributed by atoms with van der Waals surface area (Å²) in [6.45, 7) is 1.20. The summed E-state index contributed by atoms with van der Waals surface area (Å²) in [6, 6.07) is 2.43. The van der Waals surface area contributed by atoms with Gasteiger partial charge in [-0.3, -0.25) is 14.4 Å². The normalized spacial score (nSPS) is 18.1. The van der Waals surface area contributed by atoms with Crippen molar-refractivity contribution in [2.24, 2.45) is 0 Å². The molecule has 1 aliphatic rings. The second-order valence-electron chi connectivity index (χ2n) is 5.63. The SMILES string of the molecule is CCOc1c(Nc2ccc(Cl)c(S(=O)(=O)N3CC(O)CO3)c2O)c(=O)c1=O. The molecular formula is C15H15ClN2O8S. The maximum absolute atomic E-state index is 12.7. The number of hydrogen-bond donors (Lipinski definition) is 3. The van der Waals surface area contributed by atoms with Crippen molar-refractivity contribution in [3.63, 3.8) is 0 Å². The van der Waals surface area contributed by atoms with E-state index < -0.39 is 37.6 Å². The van der Waals surface area contributed by atoms with E-state index in [0.717, 1.165) is 0 Å². The molecule has 0 amide bonds. The number of aliphatic hydroxyl groups excluding tert-OH is 1. The van der Waals surface area contributed by atoms with Crippen molar-refractivity contribution in [1.82, 2.24) is 4.47 Å². The fourth-order valence-electron chi connectivity index (χ4n) is 2.51. The standard InChI is InChI=1S/C15H15ClN2O8S/c1-2-25-14-10(12(21)13(14)22)17-9-4-3-8(16)15(11(9)20)27(23,24)18-5-7(19)6-26-18/h3-4,7,17,19-20H,2,5-6H2,1H3. The second-order valence-corrected chi connectivity index (χ2v) is 7.81. The number of nitrogens with one attached hydrogen (secondary N) is 1. The highest BCUT2D eigenvalue weighted by Gasteiger charge is 2.37. The van der Waals surface area contributed by atoms with Crippen LogP contribution in [0.25, 0.3) is 0 Å². The van der Waals surface area contributed by atoms with E-state index in [-0.39, 0.29) is 41.9 Å². The molecule has 0 saturated carbocycles. The molecule has 146 valence electrons.